The fraction of sp³-hybridized carbons (Fsp3) is 0.533. The maximum Gasteiger partial charge on any atom is 0.226 e. The van der Waals surface area contributed by atoms with Crippen LogP contribution in [0.2, 0.25) is 0 Å². The second kappa shape index (κ2) is 6.56. The van der Waals surface area contributed by atoms with Crippen LogP contribution in [0.3, 0.4) is 0 Å². The van der Waals surface area contributed by atoms with E-state index in [1.54, 1.807) is 6.20 Å². The first-order valence-electron chi connectivity index (χ1n) is 7.18. The van der Waals surface area contributed by atoms with E-state index in [9.17, 15) is 9.59 Å². The monoisotopic (exact) mass is 290 g/mol. The molecular formula is C15H22N4O2. The maximum atomic E-state index is 11.8. The smallest absolute Gasteiger partial charge is 0.226 e. The van der Waals surface area contributed by atoms with Crippen LogP contribution in [0.1, 0.15) is 19.8 Å². The molecule has 1 aromatic rings. The van der Waals surface area contributed by atoms with Gasteiger partial charge >= 0.3 is 0 Å². The third kappa shape index (κ3) is 4.44. The summed E-state index contributed by atoms with van der Waals surface area (Å²) < 4.78 is 0. The van der Waals surface area contributed by atoms with Crippen molar-refractivity contribution in [3.63, 3.8) is 0 Å². The molecule has 1 fully saturated rings. The average Bonchev–Trinajstić information content (AvgIpc) is 3.16. The molecule has 0 radical (unpaired) electrons. The number of aromatic nitrogens is 1. The highest BCUT2D eigenvalue weighted by Crippen LogP contribution is 2.37. The first-order chi connectivity index (χ1) is 9.97. The number of nitrogens with zero attached hydrogens (tertiary/aromatic N) is 2. The van der Waals surface area contributed by atoms with E-state index >= 15 is 0 Å². The third-order valence-corrected chi connectivity index (χ3v) is 3.59. The number of nitrogens with one attached hydrogen (secondary N) is 2. The van der Waals surface area contributed by atoms with Gasteiger partial charge in [0.15, 0.2) is 0 Å². The van der Waals surface area contributed by atoms with Gasteiger partial charge in [0.2, 0.25) is 11.8 Å². The molecule has 114 valence electrons. The van der Waals surface area contributed by atoms with E-state index in [-0.39, 0.29) is 24.2 Å². The summed E-state index contributed by atoms with van der Waals surface area (Å²) >= 11 is 0. The summed E-state index contributed by atoms with van der Waals surface area (Å²) in [7, 11) is 3.81. The molecule has 1 saturated carbocycles. The number of hydrogen-bond acceptors (Lipinski definition) is 4. The topological polar surface area (TPSA) is 74.3 Å². The van der Waals surface area contributed by atoms with E-state index in [2.05, 4.69) is 22.5 Å². The first-order valence-corrected chi connectivity index (χ1v) is 7.18. The highest BCUT2D eigenvalue weighted by atomic mass is 16.2. The molecule has 1 aliphatic rings. The van der Waals surface area contributed by atoms with Crippen molar-refractivity contribution in [2.45, 2.75) is 19.8 Å². The van der Waals surface area contributed by atoms with Gasteiger partial charge in [-0.05, 0) is 24.5 Å². The molecule has 2 N–H and O–H groups in total. The Kier molecular flexibility index (Phi) is 4.77. The number of carbonyl (C=O) groups is 2. The molecule has 2 amide bonds. The van der Waals surface area contributed by atoms with Crippen LogP contribution in [0, 0.1) is 11.8 Å². The standard InChI is InChI=1S/C15H22N4O2/c1-10-8-12(10)15(21)16-7-6-14(20)18-11-4-5-13(17-9-11)19(2)3/h4-5,9-10,12H,6-8H2,1-3H3,(H,16,21)(H,18,20)/t10-,12-/m1/s1. The van der Waals surface area contributed by atoms with Crippen LogP contribution in [-0.4, -0.2) is 37.4 Å². The molecule has 0 aliphatic heterocycles. The van der Waals surface area contributed by atoms with Gasteiger partial charge in [-0.15, -0.1) is 0 Å². The van der Waals surface area contributed by atoms with Gasteiger partial charge in [-0.25, -0.2) is 4.98 Å². The summed E-state index contributed by atoms with van der Waals surface area (Å²) in [6.07, 6.45) is 2.85. The van der Waals surface area contributed by atoms with E-state index in [4.69, 9.17) is 0 Å². The zero-order valence-electron chi connectivity index (χ0n) is 12.7. The van der Waals surface area contributed by atoms with Crippen molar-refractivity contribution in [2.75, 3.05) is 30.9 Å². The lowest BCUT2D eigenvalue weighted by molar-refractivity contribution is -0.122. The lowest BCUT2D eigenvalue weighted by Crippen LogP contribution is -2.29. The molecule has 0 spiro atoms. The van der Waals surface area contributed by atoms with Gasteiger partial charge in [0.05, 0.1) is 11.9 Å². The summed E-state index contributed by atoms with van der Waals surface area (Å²) in [6, 6.07) is 3.65. The Labute approximate surface area is 124 Å². The number of rotatable bonds is 6. The van der Waals surface area contributed by atoms with Crippen molar-refractivity contribution in [2.24, 2.45) is 11.8 Å². The van der Waals surface area contributed by atoms with Gasteiger partial charge in [0, 0.05) is 33.0 Å². The molecular weight excluding hydrogens is 268 g/mol. The molecule has 2 atom stereocenters. The maximum absolute atomic E-state index is 11.8. The van der Waals surface area contributed by atoms with Crippen LogP contribution in [0.4, 0.5) is 11.5 Å². The Hall–Kier alpha value is -2.11. The predicted molar refractivity (Wildman–Crippen MR) is 82.1 cm³/mol. The molecule has 0 aromatic carbocycles. The Morgan fingerprint density at radius 3 is 2.62 bits per heavy atom. The van der Waals surface area contributed by atoms with Gasteiger partial charge in [0.25, 0.3) is 0 Å². The summed E-state index contributed by atoms with van der Waals surface area (Å²) in [5.41, 5.74) is 0.660. The largest absolute Gasteiger partial charge is 0.363 e. The summed E-state index contributed by atoms with van der Waals surface area (Å²) in [6.45, 7) is 2.43. The Morgan fingerprint density at radius 2 is 2.10 bits per heavy atom. The highest BCUT2D eigenvalue weighted by molar-refractivity contribution is 5.91. The summed E-state index contributed by atoms with van der Waals surface area (Å²) in [5.74, 6) is 1.40. The minimum atomic E-state index is -0.126. The second-order valence-electron chi connectivity index (χ2n) is 5.71. The van der Waals surface area contributed by atoms with Crippen LogP contribution in [0.25, 0.3) is 0 Å². The summed E-state index contributed by atoms with van der Waals surface area (Å²) in [5, 5.41) is 5.56. The van der Waals surface area contributed by atoms with Crippen molar-refractivity contribution in [1.29, 1.82) is 0 Å². The van der Waals surface area contributed by atoms with Crippen LogP contribution in [0.5, 0.6) is 0 Å². The Bertz CT molecular complexity index is 513. The molecule has 0 bridgehead atoms. The molecule has 1 aromatic heterocycles. The van der Waals surface area contributed by atoms with E-state index in [0.717, 1.165) is 12.2 Å². The molecule has 6 heteroatoms. The van der Waals surface area contributed by atoms with Crippen molar-refractivity contribution < 1.29 is 9.59 Å². The highest BCUT2D eigenvalue weighted by Gasteiger charge is 2.38. The number of hydrogen-bond donors (Lipinski definition) is 2. The molecule has 21 heavy (non-hydrogen) atoms. The van der Waals surface area contributed by atoms with Crippen LogP contribution < -0.4 is 15.5 Å². The fourth-order valence-corrected chi connectivity index (χ4v) is 2.07. The molecule has 1 aliphatic carbocycles. The van der Waals surface area contributed by atoms with Crippen molar-refractivity contribution in [3.8, 4) is 0 Å². The zero-order valence-corrected chi connectivity index (χ0v) is 12.7. The fourth-order valence-electron chi connectivity index (χ4n) is 2.07. The van der Waals surface area contributed by atoms with Crippen molar-refractivity contribution >= 4 is 23.3 Å². The van der Waals surface area contributed by atoms with Crippen LogP contribution in [-0.2, 0) is 9.59 Å². The minimum Gasteiger partial charge on any atom is -0.363 e. The average molecular weight is 290 g/mol. The molecule has 1 heterocycles. The Morgan fingerprint density at radius 1 is 1.38 bits per heavy atom. The van der Waals surface area contributed by atoms with Gasteiger partial charge in [0.1, 0.15) is 5.82 Å². The molecule has 2 rings (SSSR count). The zero-order chi connectivity index (χ0) is 15.4. The number of amides is 2. The predicted octanol–water partition coefficient (Wildman–Crippen LogP) is 1.25. The third-order valence-electron chi connectivity index (χ3n) is 3.59. The molecule has 0 saturated heterocycles. The van der Waals surface area contributed by atoms with Crippen LogP contribution >= 0.6 is 0 Å². The van der Waals surface area contributed by atoms with E-state index < -0.39 is 0 Å². The SMILES string of the molecule is C[C@@H]1C[C@H]1C(=O)NCCC(=O)Nc1ccc(N(C)C)nc1. The van der Waals surface area contributed by atoms with Gasteiger partial charge in [-0.1, -0.05) is 6.92 Å². The number of carbonyl (C=O) groups excluding carboxylic acids is 2. The van der Waals surface area contributed by atoms with E-state index in [0.29, 0.717) is 18.2 Å². The molecule has 0 unspecified atom stereocenters. The lowest BCUT2D eigenvalue weighted by atomic mass is 10.3. The quantitative estimate of drug-likeness (QED) is 0.827. The van der Waals surface area contributed by atoms with Crippen LogP contribution in [0.15, 0.2) is 18.3 Å². The van der Waals surface area contributed by atoms with Gasteiger partial charge < -0.3 is 15.5 Å². The van der Waals surface area contributed by atoms with E-state index in [1.165, 1.54) is 0 Å². The normalized spacial score (nSPS) is 19.8. The first kappa shape index (κ1) is 15.3. The molecule has 6 nitrogen and oxygen atoms in total. The van der Waals surface area contributed by atoms with E-state index in [1.807, 2.05) is 31.1 Å². The summed E-state index contributed by atoms with van der Waals surface area (Å²) in [4.78, 5) is 29.5. The van der Waals surface area contributed by atoms with Gasteiger partial charge in [-0.3, -0.25) is 9.59 Å². The van der Waals surface area contributed by atoms with Crippen molar-refractivity contribution in [1.82, 2.24) is 10.3 Å². The van der Waals surface area contributed by atoms with Gasteiger partial charge in [-0.2, -0.15) is 0 Å². The number of pyridine rings is 1. The second-order valence-corrected chi connectivity index (χ2v) is 5.71. The Balaban J connectivity index is 1.70. The van der Waals surface area contributed by atoms with Crippen molar-refractivity contribution in [3.05, 3.63) is 18.3 Å². The number of anilines is 2. The minimum absolute atomic E-state index is 0.0623. The lowest BCUT2D eigenvalue weighted by Gasteiger charge is -2.11.